The van der Waals surface area contributed by atoms with Crippen molar-refractivity contribution in [2.45, 2.75) is 19.9 Å². The van der Waals surface area contributed by atoms with Crippen LogP contribution in [0.15, 0.2) is 59.7 Å². The number of aryl methyl sites for hydroxylation is 1. The van der Waals surface area contributed by atoms with E-state index < -0.39 is 0 Å². The van der Waals surface area contributed by atoms with Gasteiger partial charge in [-0.3, -0.25) is 0 Å². The molecule has 0 saturated carbocycles. The Kier molecular flexibility index (Phi) is 6.21. The third-order valence-corrected chi connectivity index (χ3v) is 5.26. The van der Waals surface area contributed by atoms with Crippen LogP contribution < -0.4 is 15.9 Å². The summed E-state index contributed by atoms with van der Waals surface area (Å²) in [4.78, 5) is 15.3. The Morgan fingerprint density at radius 3 is 2.46 bits per heavy atom. The molecule has 0 aliphatic carbocycles. The zero-order chi connectivity index (χ0) is 18.8. The fraction of sp³-hybridized carbons (Fsp3) is 0.333. The van der Waals surface area contributed by atoms with E-state index in [1.54, 1.807) is 15.6 Å². The van der Waals surface area contributed by atoms with Crippen molar-refractivity contribution in [3.05, 3.63) is 76.5 Å². The van der Waals surface area contributed by atoms with Gasteiger partial charge in [-0.2, -0.15) is 5.10 Å². The maximum atomic E-state index is 13.0. The quantitative estimate of drug-likeness (QED) is 0.733. The van der Waals surface area contributed by atoms with Crippen molar-refractivity contribution in [1.82, 2.24) is 19.7 Å². The molecule has 2 aromatic carbocycles. The van der Waals surface area contributed by atoms with Crippen LogP contribution in [0, 0.1) is 6.92 Å². The summed E-state index contributed by atoms with van der Waals surface area (Å²) in [5.41, 5.74) is 4.10. The Morgan fingerprint density at radius 1 is 1.07 bits per heavy atom. The van der Waals surface area contributed by atoms with Crippen LogP contribution in [-0.4, -0.2) is 40.5 Å². The number of nitrogens with one attached hydrogen (secondary N) is 1. The predicted molar refractivity (Wildman–Crippen MR) is 115 cm³/mol. The Balaban J connectivity index is 0.00000225. The van der Waals surface area contributed by atoms with E-state index in [9.17, 15) is 4.79 Å². The molecule has 1 atom stereocenters. The molecule has 0 radical (unpaired) electrons. The first-order valence-corrected chi connectivity index (χ1v) is 9.43. The van der Waals surface area contributed by atoms with Gasteiger partial charge in [-0.05, 0) is 43.2 Å². The lowest BCUT2D eigenvalue weighted by molar-refractivity contribution is 0.541. The van der Waals surface area contributed by atoms with Gasteiger partial charge in [0.2, 0.25) is 0 Å². The van der Waals surface area contributed by atoms with Crippen LogP contribution in [0.3, 0.4) is 0 Å². The molecule has 1 saturated heterocycles. The van der Waals surface area contributed by atoms with Gasteiger partial charge < -0.3 is 10.2 Å². The summed E-state index contributed by atoms with van der Waals surface area (Å²) in [5.74, 6) is 0. The van der Waals surface area contributed by atoms with Crippen molar-refractivity contribution < 1.29 is 0 Å². The maximum Gasteiger partial charge on any atom is 0.350 e. The van der Waals surface area contributed by atoms with Crippen molar-refractivity contribution in [3.8, 4) is 5.69 Å². The summed E-state index contributed by atoms with van der Waals surface area (Å²) in [5, 5.41) is 7.74. The fourth-order valence-corrected chi connectivity index (χ4v) is 3.65. The van der Waals surface area contributed by atoms with E-state index >= 15 is 0 Å². The highest BCUT2D eigenvalue weighted by molar-refractivity contribution is 5.85. The number of hydrogen-bond donors (Lipinski definition) is 1. The minimum Gasteiger partial charge on any atom is -0.369 e. The number of aromatic nitrogens is 3. The van der Waals surface area contributed by atoms with Gasteiger partial charge in [0.15, 0.2) is 0 Å². The van der Waals surface area contributed by atoms with Gasteiger partial charge in [0, 0.05) is 31.9 Å². The van der Waals surface area contributed by atoms with Gasteiger partial charge in [0.05, 0.1) is 11.7 Å². The fourth-order valence-electron chi connectivity index (χ4n) is 3.65. The Labute approximate surface area is 171 Å². The minimum atomic E-state index is -0.121. The Hall–Kier alpha value is -2.57. The molecular formula is C21H26ClN5O. The second-order valence-electron chi connectivity index (χ2n) is 7.02. The molecule has 148 valence electrons. The molecule has 0 spiro atoms. The molecular weight excluding hydrogens is 374 g/mol. The van der Waals surface area contributed by atoms with Crippen molar-refractivity contribution in [1.29, 1.82) is 0 Å². The minimum absolute atomic E-state index is 0. The van der Waals surface area contributed by atoms with E-state index in [2.05, 4.69) is 27.4 Å². The highest BCUT2D eigenvalue weighted by atomic mass is 35.5. The average Bonchev–Trinajstić information content (AvgIpc) is 3.10. The molecule has 1 N–H and O–H groups in total. The van der Waals surface area contributed by atoms with Gasteiger partial charge in [-0.25, -0.2) is 14.0 Å². The van der Waals surface area contributed by atoms with E-state index in [0.29, 0.717) is 0 Å². The van der Waals surface area contributed by atoms with Gasteiger partial charge in [0.25, 0.3) is 0 Å². The van der Waals surface area contributed by atoms with Crippen LogP contribution in [0.25, 0.3) is 5.69 Å². The molecule has 1 aliphatic heterocycles. The van der Waals surface area contributed by atoms with Gasteiger partial charge in [-0.15, -0.1) is 12.4 Å². The molecule has 1 aromatic heterocycles. The second kappa shape index (κ2) is 8.63. The summed E-state index contributed by atoms with van der Waals surface area (Å²) in [6.07, 6.45) is 1.62. The summed E-state index contributed by atoms with van der Waals surface area (Å²) in [6.45, 7) is 8.06. The highest BCUT2D eigenvalue weighted by Crippen LogP contribution is 2.22. The predicted octanol–water partition coefficient (Wildman–Crippen LogP) is 2.78. The van der Waals surface area contributed by atoms with Crippen molar-refractivity contribution in [3.63, 3.8) is 0 Å². The molecule has 0 bridgehead atoms. The summed E-state index contributed by atoms with van der Waals surface area (Å²) in [6, 6.07) is 16.1. The smallest absolute Gasteiger partial charge is 0.350 e. The van der Waals surface area contributed by atoms with Gasteiger partial charge in [0.1, 0.15) is 6.33 Å². The number of nitrogens with zero attached hydrogens (tertiary/aromatic N) is 4. The third kappa shape index (κ3) is 3.84. The number of halogens is 1. The number of piperazine rings is 1. The number of rotatable bonds is 4. The van der Waals surface area contributed by atoms with Gasteiger partial charge in [-0.1, -0.05) is 30.3 Å². The van der Waals surface area contributed by atoms with Crippen LogP contribution in [0.4, 0.5) is 5.69 Å². The van der Waals surface area contributed by atoms with E-state index in [-0.39, 0.29) is 24.1 Å². The zero-order valence-corrected chi connectivity index (χ0v) is 17.0. The van der Waals surface area contributed by atoms with Crippen LogP contribution in [0.5, 0.6) is 0 Å². The monoisotopic (exact) mass is 399 g/mol. The van der Waals surface area contributed by atoms with E-state index in [0.717, 1.165) is 43.0 Å². The molecule has 6 nitrogen and oxygen atoms in total. The van der Waals surface area contributed by atoms with E-state index in [1.807, 2.05) is 50.2 Å². The molecule has 4 rings (SSSR count). The molecule has 3 aromatic rings. The van der Waals surface area contributed by atoms with Crippen molar-refractivity contribution in [2.24, 2.45) is 0 Å². The number of anilines is 1. The standard InChI is InChI=1S/C21H25N5O.ClH/c1-16-14-19(24-12-10-22-11-13-24)8-9-20(16)25-15-23-26(21(25)27)17(2)18-6-4-3-5-7-18;/h3-9,14-15,17,22H,10-13H2,1-2H3;1H. The first kappa shape index (κ1) is 20.2. The molecule has 1 aliphatic rings. The topological polar surface area (TPSA) is 55.1 Å². The summed E-state index contributed by atoms with van der Waals surface area (Å²) in [7, 11) is 0. The molecule has 28 heavy (non-hydrogen) atoms. The highest BCUT2D eigenvalue weighted by Gasteiger charge is 2.17. The number of benzene rings is 2. The Morgan fingerprint density at radius 2 is 1.79 bits per heavy atom. The van der Waals surface area contributed by atoms with Crippen molar-refractivity contribution >= 4 is 18.1 Å². The lowest BCUT2D eigenvalue weighted by Crippen LogP contribution is -2.43. The summed E-state index contributed by atoms with van der Waals surface area (Å²) >= 11 is 0. The molecule has 0 amide bonds. The van der Waals surface area contributed by atoms with E-state index in [4.69, 9.17) is 0 Å². The van der Waals surface area contributed by atoms with Crippen LogP contribution in [0.2, 0.25) is 0 Å². The SMILES string of the molecule is Cc1cc(N2CCNCC2)ccc1-n1cnn(C(C)c2ccccc2)c1=O.Cl. The second-order valence-corrected chi connectivity index (χ2v) is 7.02. The largest absolute Gasteiger partial charge is 0.369 e. The van der Waals surface area contributed by atoms with Crippen LogP contribution in [0.1, 0.15) is 24.1 Å². The third-order valence-electron chi connectivity index (χ3n) is 5.26. The average molecular weight is 400 g/mol. The number of hydrogen-bond acceptors (Lipinski definition) is 4. The van der Waals surface area contributed by atoms with E-state index in [1.165, 1.54) is 5.69 Å². The molecule has 1 unspecified atom stereocenters. The lowest BCUT2D eigenvalue weighted by Gasteiger charge is -2.30. The van der Waals surface area contributed by atoms with Crippen LogP contribution in [-0.2, 0) is 0 Å². The van der Waals surface area contributed by atoms with Gasteiger partial charge >= 0.3 is 5.69 Å². The molecule has 7 heteroatoms. The summed E-state index contributed by atoms with van der Waals surface area (Å²) < 4.78 is 3.18. The Bertz CT molecular complexity index is 976. The zero-order valence-electron chi connectivity index (χ0n) is 16.2. The molecule has 2 heterocycles. The first-order valence-electron chi connectivity index (χ1n) is 9.43. The maximum absolute atomic E-state index is 13.0. The lowest BCUT2D eigenvalue weighted by atomic mass is 10.1. The van der Waals surface area contributed by atoms with Crippen LogP contribution >= 0.6 is 12.4 Å². The van der Waals surface area contributed by atoms with Crippen molar-refractivity contribution in [2.75, 3.05) is 31.1 Å². The molecule has 1 fully saturated rings. The first-order chi connectivity index (χ1) is 13.1. The normalized spacial score (nSPS) is 15.1.